The van der Waals surface area contributed by atoms with E-state index in [0.29, 0.717) is 22.1 Å². The fourth-order valence-electron chi connectivity index (χ4n) is 2.95. The van der Waals surface area contributed by atoms with Crippen molar-refractivity contribution in [1.82, 2.24) is 20.3 Å². The van der Waals surface area contributed by atoms with Gasteiger partial charge in [0, 0.05) is 23.1 Å². The number of hydrogen-bond donors (Lipinski definition) is 0. The van der Waals surface area contributed by atoms with E-state index in [1.807, 2.05) is 13.8 Å². The molecule has 0 unspecified atom stereocenters. The Labute approximate surface area is 195 Å². The van der Waals surface area contributed by atoms with Gasteiger partial charge in [-0.25, -0.2) is 9.78 Å². The molecular formula is C22H17F3N4O4S. The third kappa shape index (κ3) is 5.28. The van der Waals surface area contributed by atoms with Crippen molar-refractivity contribution < 1.29 is 31.7 Å². The highest BCUT2D eigenvalue weighted by molar-refractivity contribution is 7.98. The molecule has 0 fully saturated rings. The van der Waals surface area contributed by atoms with Crippen LogP contribution in [0.25, 0.3) is 11.4 Å². The molecule has 0 aliphatic carbocycles. The van der Waals surface area contributed by atoms with Gasteiger partial charge < -0.3 is 13.8 Å². The maximum absolute atomic E-state index is 12.7. The number of carbonyl (C=O) groups excluding carboxylic acids is 1. The molecule has 8 nitrogen and oxygen atoms in total. The number of ether oxygens (including phenoxy) is 1. The predicted molar refractivity (Wildman–Crippen MR) is 114 cm³/mol. The van der Waals surface area contributed by atoms with E-state index in [-0.39, 0.29) is 23.9 Å². The van der Waals surface area contributed by atoms with E-state index in [9.17, 15) is 18.0 Å². The summed E-state index contributed by atoms with van der Waals surface area (Å²) in [5.41, 5.74) is 1.51. The van der Waals surface area contributed by atoms with Gasteiger partial charge in [-0.05, 0) is 38.1 Å². The van der Waals surface area contributed by atoms with Crippen LogP contribution >= 0.6 is 11.8 Å². The molecule has 34 heavy (non-hydrogen) atoms. The molecule has 0 N–H and O–H groups in total. The summed E-state index contributed by atoms with van der Waals surface area (Å²) in [5, 5.41) is 8.12. The number of thioether (sulfide) groups is 1. The number of esters is 1. The SMILES string of the molecule is Cc1noc(C)c1CSc1ncccc1C(=O)OCc1nc(-c2ccc(C(F)(F)F)cc2)no1. The molecule has 1 aromatic carbocycles. The van der Waals surface area contributed by atoms with E-state index in [0.717, 1.165) is 23.4 Å². The number of carbonyl (C=O) groups is 1. The fraction of sp³-hybridized carbons (Fsp3) is 0.227. The van der Waals surface area contributed by atoms with Gasteiger partial charge in [0.2, 0.25) is 5.82 Å². The highest BCUT2D eigenvalue weighted by Gasteiger charge is 2.30. The van der Waals surface area contributed by atoms with Crippen LogP contribution in [0, 0.1) is 13.8 Å². The number of nitrogens with zero attached hydrogens (tertiary/aromatic N) is 4. The lowest BCUT2D eigenvalue weighted by Crippen LogP contribution is -2.08. The second-order valence-corrected chi connectivity index (χ2v) is 8.07. The second-order valence-electron chi connectivity index (χ2n) is 7.11. The summed E-state index contributed by atoms with van der Waals surface area (Å²) in [6.45, 7) is 3.34. The Hall–Kier alpha value is -3.67. The molecule has 0 atom stereocenters. The Morgan fingerprint density at radius 1 is 1.09 bits per heavy atom. The number of pyridine rings is 1. The maximum atomic E-state index is 12.7. The minimum Gasteiger partial charge on any atom is -0.452 e. The third-order valence-corrected chi connectivity index (χ3v) is 5.82. The lowest BCUT2D eigenvalue weighted by molar-refractivity contribution is -0.137. The number of aromatic nitrogens is 4. The summed E-state index contributed by atoms with van der Waals surface area (Å²) in [7, 11) is 0. The largest absolute Gasteiger partial charge is 0.452 e. The predicted octanol–water partition coefficient (Wildman–Crippen LogP) is 5.40. The summed E-state index contributed by atoms with van der Waals surface area (Å²) < 4.78 is 53.6. The number of halogens is 3. The summed E-state index contributed by atoms with van der Waals surface area (Å²) in [5.74, 6) is 0.654. The van der Waals surface area contributed by atoms with Crippen LogP contribution in [0.15, 0.2) is 56.7 Å². The van der Waals surface area contributed by atoms with Crippen molar-refractivity contribution in [2.45, 2.75) is 37.4 Å². The van der Waals surface area contributed by atoms with Crippen molar-refractivity contribution in [2.24, 2.45) is 0 Å². The zero-order chi connectivity index (χ0) is 24.3. The van der Waals surface area contributed by atoms with Gasteiger partial charge in [-0.2, -0.15) is 18.2 Å². The second kappa shape index (κ2) is 9.67. The molecule has 0 spiro atoms. The summed E-state index contributed by atoms with van der Waals surface area (Å²) in [6, 6.07) is 7.53. The Kier molecular flexibility index (Phi) is 6.68. The molecule has 0 saturated carbocycles. The quantitative estimate of drug-likeness (QED) is 0.249. The van der Waals surface area contributed by atoms with Crippen molar-refractivity contribution in [3.63, 3.8) is 0 Å². The first kappa shape index (κ1) is 23.5. The van der Waals surface area contributed by atoms with E-state index < -0.39 is 17.7 Å². The third-order valence-electron chi connectivity index (χ3n) is 4.79. The van der Waals surface area contributed by atoms with Crippen LogP contribution in [0.2, 0.25) is 0 Å². The average Bonchev–Trinajstić information content (AvgIpc) is 3.42. The van der Waals surface area contributed by atoms with Crippen molar-refractivity contribution in [3.05, 3.63) is 76.6 Å². The molecule has 176 valence electrons. The fourth-order valence-corrected chi connectivity index (χ4v) is 4.09. The topological polar surface area (TPSA) is 104 Å². The van der Waals surface area contributed by atoms with Crippen LogP contribution in [0.5, 0.6) is 0 Å². The van der Waals surface area contributed by atoms with Crippen molar-refractivity contribution in [3.8, 4) is 11.4 Å². The Bertz CT molecular complexity index is 1280. The molecule has 0 aliphatic rings. The van der Waals surface area contributed by atoms with E-state index in [1.165, 1.54) is 23.9 Å². The van der Waals surface area contributed by atoms with Gasteiger partial charge >= 0.3 is 12.1 Å². The van der Waals surface area contributed by atoms with Crippen LogP contribution in [0.4, 0.5) is 13.2 Å². The van der Waals surface area contributed by atoms with Crippen LogP contribution in [0.3, 0.4) is 0 Å². The first-order chi connectivity index (χ1) is 16.2. The molecule has 0 radical (unpaired) electrons. The summed E-state index contributed by atoms with van der Waals surface area (Å²) >= 11 is 1.34. The molecule has 4 rings (SSSR count). The van der Waals surface area contributed by atoms with Crippen LogP contribution < -0.4 is 0 Å². The standard InChI is InChI=1S/C22H17F3N4O4S/c1-12-17(13(2)32-28-12)11-34-20-16(4-3-9-26-20)21(30)31-10-18-27-19(29-33-18)14-5-7-15(8-6-14)22(23,24)25/h3-9H,10-11H2,1-2H3. The monoisotopic (exact) mass is 490 g/mol. The number of benzene rings is 1. The number of aryl methyl sites for hydroxylation is 2. The van der Waals surface area contributed by atoms with Crippen LogP contribution in [-0.4, -0.2) is 26.3 Å². The van der Waals surface area contributed by atoms with E-state index >= 15 is 0 Å². The lowest BCUT2D eigenvalue weighted by atomic mass is 10.1. The summed E-state index contributed by atoms with van der Waals surface area (Å²) in [4.78, 5) is 21.0. The molecule has 4 aromatic rings. The molecule has 12 heteroatoms. The maximum Gasteiger partial charge on any atom is 0.416 e. The number of alkyl halides is 3. The summed E-state index contributed by atoms with van der Waals surface area (Å²) in [6.07, 6.45) is -2.87. The minimum absolute atomic E-state index is 0.00272. The molecule has 3 heterocycles. The minimum atomic E-state index is -4.44. The molecule has 0 bridgehead atoms. The first-order valence-corrected chi connectivity index (χ1v) is 10.9. The lowest BCUT2D eigenvalue weighted by Gasteiger charge is -2.07. The van der Waals surface area contributed by atoms with Gasteiger partial charge in [-0.3, -0.25) is 0 Å². The van der Waals surface area contributed by atoms with Crippen molar-refractivity contribution >= 4 is 17.7 Å². The van der Waals surface area contributed by atoms with E-state index in [1.54, 1.807) is 18.3 Å². The molecule has 3 aromatic heterocycles. The first-order valence-electron chi connectivity index (χ1n) is 9.89. The van der Waals surface area contributed by atoms with Gasteiger partial charge in [0.15, 0.2) is 6.61 Å². The van der Waals surface area contributed by atoms with Gasteiger partial charge in [0.05, 0.1) is 16.8 Å². The Balaban J connectivity index is 1.40. The van der Waals surface area contributed by atoms with E-state index in [4.69, 9.17) is 13.8 Å². The van der Waals surface area contributed by atoms with Crippen molar-refractivity contribution in [2.75, 3.05) is 0 Å². The Morgan fingerprint density at radius 2 is 1.85 bits per heavy atom. The zero-order valence-electron chi connectivity index (χ0n) is 17.9. The highest BCUT2D eigenvalue weighted by Crippen LogP contribution is 2.31. The number of rotatable bonds is 7. The van der Waals surface area contributed by atoms with Gasteiger partial charge in [0.1, 0.15) is 10.8 Å². The zero-order valence-corrected chi connectivity index (χ0v) is 18.7. The molecule has 0 saturated heterocycles. The molecule has 0 amide bonds. The van der Waals surface area contributed by atoms with Crippen molar-refractivity contribution in [1.29, 1.82) is 0 Å². The Morgan fingerprint density at radius 3 is 2.53 bits per heavy atom. The molecular weight excluding hydrogens is 473 g/mol. The van der Waals surface area contributed by atoms with E-state index in [2.05, 4.69) is 20.3 Å². The van der Waals surface area contributed by atoms with Crippen LogP contribution in [0.1, 0.15) is 38.8 Å². The van der Waals surface area contributed by atoms with Gasteiger partial charge in [-0.1, -0.05) is 22.4 Å². The highest BCUT2D eigenvalue weighted by atomic mass is 32.2. The smallest absolute Gasteiger partial charge is 0.416 e. The van der Waals surface area contributed by atoms with Crippen LogP contribution in [-0.2, 0) is 23.3 Å². The normalized spacial score (nSPS) is 11.6. The number of hydrogen-bond acceptors (Lipinski definition) is 9. The van der Waals surface area contributed by atoms with Gasteiger partial charge in [-0.15, -0.1) is 11.8 Å². The average molecular weight is 490 g/mol. The molecule has 0 aliphatic heterocycles. The van der Waals surface area contributed by atoms with Gasteiger partial charge in [0.25, 0.3) is 5.89 Å².